The first-order chi connectivity index (χ1) is 7.38. The lowest BCUT2D eigenvalue weighted by Gasteiger charge is -2.17. The first kappa shape index (κ1) is 11.3. The number of hydrogen-bond acceptors (Lipinski definition) is 2. The van der Waals surface area contributed by atoms with Crippen LogP contribution in [-0.2, 0) is 6.42 Å². The molecule has 16 heavy (non-hydrogen) atoms. The number of halogens is 1. The van der Waals surface area contributed by atoms with Crippen LogP contribution in [0, 0.1) is 5.41 Å². The summed E-state index contributed by atoms with van der Waals surface area (Å²) in [4.78, 5) is 4.38. The van der Waals surface area contributed by atoms with Gasteiger partial charge in [0.05, 0.1) is 5.52 Å². The Morgan fingerprint density at radius 2 is 2.06 bits per heavy atom. The molecule has 0 aliphatic heterocycles. The summed E-state index contributed by atoms with van der Waals surface area (Å²) in [5, 5.41) is 0.520. The van der Waals surface area contributed by atoms with Crippen molar-refractivity contribution in [2.75, 3.05) is 5.73 Å². The number of nitrogens with two attached hydrogens (primary N) is 1. The molecule has 2 aromatic rings. The molecule has 2 rings (SSSR count). The average molecular weight is 238 g/mol. The molecule has 0 spiro atoms. The van der Waals surface area contributed by atoms with E-state index >= 15 is 0 Å². The molecule has 0 unspecified atom stereocenters. The molecule has 0 aromatic carbocycles. The summed E-state index contributed by atoms with van der Waals surface area (Å²) < 4.78 is 1.92. The van der Waals surface area contributed by atoms with Gasteiger partial charge in [0.1, 0.15) is 11.6 Å². The van der Waals surface area contributed by atoms with Crippen molar-refractivity contribution in [1.82, 2.24) is 9.38 Å². The van der Waals surface area contributed by atoms with Crippen LogP contribution < -0.4 is 5.73 Å². The highest BCUT2D eigenvalue weighted by Gasteiger charge is 2.18. The Morgan fingerprint density at radius 1 is 1.38 bits per heavy atom. The molecule has 4 heteroatoms. The van der Waals surface area contributed by atoms with Gasteiger partial charge in [0, 0.05) is 6.42 Å². The van der Waals surface area contributed by atoms with Crippen LogP contribution in [-0.4, -0.2) is 9.38 Å². The Hall–Kier alpha value is -1.22. The largest absolute Gasteiger partial charge is 0.385 e. The smallest absolute Gasteiger partial charge is 0.155 e. The van der Waals surface area contributed by atoms with E-state index in [1.807, 2.05) is 22.6 Å². The summed E-state index contributed by atoms with van der Waals surface area (Å²) >= 11 is 6.09. The van der Waals surface area contributed by atoms with Gasteiger partial charge in [-0.15, -0.1) is 0 Å². The fourth-order valence-electron chi connectivity index (χ4n) is 1.79. The van der Waals surface area contributed by atoms with E-state index in [4.69, 9.17) is 17.3 Å². The molecule has 0 saturated heterocycles. The fraction of sp³-hybridized carbons (Fsp3) is 0.417. The second kappa shape index (κ2) is 3.67. The standard InChI is InChI=1S/C12H16ClN3/c1-12(2,3)7-10-15-11(13)8-5-4-6-9(14)16(8)10/h4-6H,7,14H2,1-3H3. The number of hydrogen-bond donors (Lipinski definition) is 1. The average Bonchev–Trinajstić information content (AvgIpc) is 2.42. The van der Waals surface area contributed by atoms with Gasteiger partial charge in [-0.2, -0.15) is 0 Å². The van der Waals surface area contributed by atoms with Crippen LogP contribution in [0.15, 0.2) is 18.2 Å². The van der Waals surface area contributed by atoms with Crippen LogP contribution in [0.1, 0.15) is 26.6 Å². The quantitative estimate of drug-likeness (QED) is 0.828. The maximum Gasteiger partial charge on any atom is 0.155 e. The van der Waals surface area contributed by atoms with Crippen molar-refractivity contribution in [2.24, 2.45) is 5.41 Å². The molecule has 0 aliphatic rings. The van der Waals surface area contributed by atoms with Gasteiger partial charge in [-0.05, 0) is 17.5 Å². The predicted octanol–water partition coefficient (Wildman–Crippen LogP) is 3.16. The van der Waals surface area contributed by atoms with Gasteiger partial charge in [-0.25, -0.2) is 4.98 Å². The zero-order chi connectivity index (χ0) is 11.9. The first-order valence-corrected chi connectivity index (χ1v) is 5.67. The van der Waals surface area contributed by atoms with Crippen molar-refractivity contribution < 1.29 is 0 Å². The van der Waals surface area contributed by atoms with Gasteiger partial charge in [0.2, 0.25) is 0 Å². The molecule has 0 bridgehead atoms. The maximum atomic E-state index is 6.09. The van der Waals surface area contributed by atoms with Crippen molar-refractivity contribution >= 4 is 22.9 Å². The van der Waals surface area contributed by atoms with Crippen LogP contribution in [0.3, 0.4) is 0 Å². The lowest BCUT2D eigenvalue weighted by Crippen LogP contribution is -2.13. The summed E-state index contributed by atoms with van der Waals surface area (Å²) in [6, 6.07) is 5.67. The molecule has 2 N–H and O–H groups in total. The van der Waals surface area contributed by atoms with Gasteiger partial charge in [-0.1, -0.05) is 38.4 Å². The van der Waals surface area contributed by atoms with Gasteiger partial charge in [0.25, 0.3) is 0 Å². The number of nitrogens with zero attached hydrogens (tertiary/aromatic N) is 2. The molecule has 2 heterocycles. The molecule has 2 aromatic heterocycles. The normalized spacial score (nSPS) is 12.2. The van der Waals surface area contributed by atoms with E-state index in [0.29, 0.717) is 11.0 Å². The number of fused-ring (bicyclic) bond motifs is 1. The van der Waals surface area contributed by atoms with E-state index in [2.05, 4.69) is 25.8 Å². The lowest BCUT2D eigenvalue weighted by atomic mass is 9.92. The Labute approximate surface area is 100 Å². The lowest BCUT2D eigenvalue weighted by molar-refractivity contribution is 0.400. The fourth-order valence-corrected chi connectivity index (χ4v) is 2.03. The third-order valence-electron chi connectivity index (χ3n) is 2.41. The summed E-state index contributed by atoms with van der Waals surface area (Å²) in [6.07, 6.45) is 0.842. The number of imidazole rings is 1. The molecular weight excluding hydrogens is 222 g/mol. The highest BCUT2D eigenvalue weighted by molar-refractivity contribution is 6.32. The van der Waals surface area contributed by atoms with Crippen molar-refractivity contribution in [3.63, 3.8) is 0 Å². The second-order valence-corrected chi connectivity index (χ2v) is 5.59. The second-order valence-electron chi connectivity index (χ2n) is 5.23. The molecule has 0 saturated carbocycles. The molecule has 0 aliphatic carbocycles. The van der Waals surface area contributed by atoms with E-state index in [-0.39, 0.29) is 5.41 Å². The minimum absolute atomic E-state index is 0.160. The zero-order valence-electron chi connectivity index (χ0n) is 9.79. The molecule has 0 radical (unpaired) electrons. The van der Waals surface area contributed by atoms with E-state index in [0.717, 1.165) is 17.8 Å². The molecule has 3 nitrogen and oxygen atoms in total. The summed E-state index contributed by atoms with van der Waals surface area (Å²) in [6.45, 7) is 6.50. The van der Waals surface area contributed by atoms with E-state index in [1.54, 1.807) is 0 Å². The molecule has 0 amide bonds. The van der Waals surface area contributed by atoms with Crippen molar-refractivity contribution in [3.8, 4) is 0 Å². The van der Waals surface area contributed by atoms with Gasteiger partial charge in [-0.3, -0.25) is 4.40 Å². The van der Waals surface area contributed by atoms with E-state index in [1.165, 1.54) is 0 Å². The summed E-state index contributed by atoms with van der Waals surface area (Å²) in [5.74, 6) is 1.60. The minimum Gasteiger partial charge on any atom is -0.385 e. The van der Waals surface area contributed by atoms with Gasteiger partial charge >= 0.3 is 0 Å². The summed E-state index contributed by atoms with van der Waals surface area (Å²) in [5.41, 5.74) is 6.99. The van der Waals surface area contributed by atoms with Crippen molar-refractivity contribution in [3.05, 3.63) is 29.2 Å². The number of nitrogen functional groups attached to an aromatic ring is 1. The number of pyridine rings is 1. The Kier molecular flexibility index (Phi) is 2.58. The van der Waals surface area contributed by atoms with Crippen LogP contribution in [0.2, 0.25) is 5.15 Å². The number of aromatic nitrogens is 2. The van der Waals surface area contributed by atoms with Gasteiger partial charge < -0.3 is 5.73 Å². The summed E-state index contributed by atoms with van der Waals surface area (Å²) in [7, 11) is 0. The Bertz CT molecular complexity index is 523. The number of rotatable bonds is 1. The monoisotopic (exact) mass is 237 g/mol. The van der Waals surface area contributed by atoms with Crippen LogP contribution >= 0.6 is 11.6 Å². The van der Waals surface area contributed by atoms with E-state index in [9.17, 15) is 0 Å². The van der Waals surface area contributed by atoms with Crippen molar-refractivity contribution in [2.45, 2.75) is 27.2 Å². The van der Waals surface area contributed by atoms with Crippen LogP contribution in [0.4, 0.5) is 5.82 Å². The third-order valence-corrected chi connectivity index (χ3v) is 2.68. The van der Waals surface area contributed by atoms with Crippen molar-refractivity contribution in [1.29, 1.82) is 0 Å². The molecule has 0 fully saturated rings. The highest BCUT2D eigenvalue weighted by Crippen LogP contribution is 2.26. The third kappa shape index (κ3) is 2.00. The van der Waals surface area contributed by atoms with Gasteiger partial charge in [0.15, 0.2) is 5.15 Å². The zero-order valence-corrected chi connectivity index (χ0v) is 10.5. The number of anilines is 1. The molecule has 86 valence electrons. The Balaban J connectivity index is 2.62. The SMILES string of the molecule is CC(C)(C)Cc1nc(Cl)c2cccc(N)n12. The van der Waals surface area contributed by atoms with Crippen LogP contribution in [0.25, 0.3) is 5.52 Å². The highest BCUT2D eigenvalue weighted by atomic mass is 35.5. The molecule has 0 atom stereocenters. The molecular formula is C12H16ClN3. The predicted molar refractivity (Wildman–Crippen MR) is 67.8 cm³/mol. The first-order valence-electron chi connectivity index (χ1n) is 5.30. The van der Waals surface area contributed by atoms with Crippen LogP contribution in [0.5, 0.6) is 0 Å². The Morgan fingerprint density at radius 3 is 2.69 bits per heavy atom. The topological polar surface area (TPSA) is 43.3 Å². The maximum absolute atomic E-state index is 6.09. The van der Waals surface area contributed by atoms with E-state index < -0.39 is 0 Å². The minimum atomic E-state index is 0.160.